The maximum atomic E-state index is 12.8. The molecule has 3 heterocycles. The summed E-state index contributed by atoms with van der Waals surface area (Å²) in [4.78, 5) is 16.1. The number of hydrogen-bond donors (Lipinski definition) is 2. The van der Waals surface area contributed by atoms with Gasteiger partial charge in [-0.05, 0) is 51.7 Å². The first-order valence-electron chi connectivity index (χ1n) is 9.51. The molecule has 2 N–H and O–H groups in total. The molecule has 0 saturated carbocycles. The number of aromatic nitrogens is 1. The third-order valence-corrected chi connectivity index (χ3v) is 5.96. The molecule has 1 amide bonds. The van der Waals surface area contributed by atoms with Crippen molar-refractivity contribution in [2.75, 3.05) is 6.79 Å². The number of thiophene rings is 1. The van der Waals surface area contributed by atoms with Crippen LogP contribution < -0.4 is 14.8 Å². The predicted octanol–water partition coefficient (Wildman–Crippen LogP) is 4.80. The highest BCUT2D eigenvalue weighted by Gasteiger charge is 2.22. The Morgan fingerprint density at radius 1 is 1.14 bits per heavy atom. The molecule has 1 unspecified atom stereocenters. The summed E-state index contributed by atoms with van der Waals surface area (Å²) in [5.74, 6) is 1.50. The van der Waals surface area contributed by atoms with Crippen LogP contribution in [0.25, 0.3) is 10.9 Å². The van der Waals surface area contributed by atoms with Crippen LogP contribution in [0, 0.1) is 0 Å². The van der Waals surface area contributed by atoms with Crippen LogP contribution >= 0.6 is 11.3 Å². The van der Waals surface area contributed by atoms with E-state index in [9.17, 15) is 4.79 Å². The molecule has 4 aromatic rings. The number of hydrogen-bond acceptors (Lipinski definition) is 4. The summed E-state index contributed by atoms with van der Waals surface area (Å²) in [6.07, 6.45) is 2.42. The molecule has 0 bridgehead atoms. The van der Waals surface area contributed by atoms with Crippen molar-refractivity contribution in [2.24, 2.45) is 0 Å². The summed E-state index contributed by atoms with van der Waals surface area (Å²) in [5.41, 5.74) is 4.39. The van der Waals surface area contributed by atoms with Crippen molar-refractivity contribution in [3.05, 3.63) is 82.2 Å². The fourth-order valence-electron chi connectivity index (χ4n) is 3.77. The van der Waals surface area contributed by atoms with E-state index in [1.165, 1.54) is 0 Å². The Morgan fingerprint density at radius 3 is 2.93 bits per heavy atom. The number of ether oxygens (including phenoxy) is 2. The van der Waals surface area contributed by atoms with Crippen LogP contribution in [0.5, 0.6) is 11.5 Å². The standard InChI is InChI=1S/C23H20N2O3S/c26-23(25-11-15-5-6-21-22(9-15)28-14-27-21)10-18(16-7-8-29-13-16)19-12-24-20-4-2-1-3-17(19)20/h1-9,12-13,18,24H,10-11,14H2,(H,25,26). The molecular formula is C23H20N2O3S. The van der Waals surface area contributed by atoms with Gasteiger partial charge in [0.15, 0.2) is 11.5 Å². The first-order valence-corrected chi connectivity index (χ1v) is 10.5. The molecule has 0 fully saturated rings. The van der Waals surface area contributed by atoms with Gasteiger partial charge in [-0.25, -0.2) is 0 Å². The molecule has 0 radical (unpaired) electrons. The average molecular weight is 404 g/mol. The van der Waals surface area contributed by atoms with Gasteiger partial charge in [0.1, 0.15) is 0 Å². The average Bonchev–Trinajstić information content (AvgIpc) is 3.51. The van der Waals surface area contributed by atoms with Crippen molar-refractivity contribution in [3.63, 3.8) is 0 Å². The zero-order chi connectivity index (χ0) is 19.6. The lowest BCUT2D eigenvalue weighted by molar-refractivity contribution is -0.121. The van der Waals surface area contributed by atoms with E-state index in [0.29, 0.717) is 13.0 Å². The van der Waals surface area contributed by atoms with Crippen LogP contribution in [0.2, 0.25) is 0 Å². The SMILES string of the molecule is O=C(CC(c1ccsc1)c1c[nH]c2ccccc12)NCc1ccc2c(c1)OCO2. The highest BCUT2D eigenvalue weighted by Crippen LogP contribution is 2.35. The van der Waals surface area contributed by atoms with Gasteiger partial charge in [0.25, 0.3) is 0 Å². The number of H-pyrrole nitrogens is 1. The number of rotatable bonds is 6. The normalized spacial score (nSPS) is 13.5. The van der Waals surface area contributed by atoms with Crippen molar-refractivity contribution in [1.82, 2.24) is 10.3 Å². The Morgan fingerprint density at radius 2 is 2.03 bits per heavy atom. The molecular weight excluding hydrogens is 384 g/mol. The lowest BCUT2D eigenvalue weighted by Gasteiger charge is -2.16. The number of carbonyl (C=O) groups excluding carboxylic acids is 1. The van der Waals surface area contributed by atoms with Gasteiger partial charge in [0.05, 0.1) is 0 Å². The molecule has 1 aliphatic heterocycles. The van der Waals surface area contributed by atoms with Gasteiger partial charge in [0, 0.05) is 36.0 Å². The number of para-hydroxylation sites is 1. The van der Waals surface area contributed by atoms with E-state index in [2.05, 4.69) is 39.3 Å². The monoisotopic (exact) mass is 404 g/mol. The van der Waals surface area contributed by atoms with Crippen molar-refractivity contribution >= 4 is 28.1 Å². The second-order valence-corrected chi connectivity index (χ2v) is 7.85. The van der Waals surface area contributed by atoms with Gasteiger partial charge in [-0.1, -0.05) is 24.3 Å². The molecule has 5 rings (SSSR count). The van der Waals surface area contributed by atoms with Crippen LogP contribution in [-0.4, -0.2) is 17.7 Å². The Bertz CT molecular complexity index is 1150. The van der Waals surface area contributed by atoms with Gasteiger partial charge >= 0.3 is 0 Å². The Labute approximate surface area is 172 Å². The zero-order valence-corrected chi connectivity index (χ0v) is 16.5. The number of amides is 1. The lowest BCUT2D eigenvalue weighted by atomic mass is 9.89. The minimum atomic E-state index is 0.00848. The fraction of sp³-hybridized carbons (Fsp3) is 0.174. The van der Waals surface area contributed by atoms with Crippen LogP contribution in [0.4, 0.5) is 0 Å². The summed E-state index contributed by atoms with van der Waals surface area (Å²) in [6.45, 7) is 0.706. The smallest absolute Gasteiger partial charge is 0.231 e. The Kier molecular flexibility index (Phi) is 4.69. The topological polar surface area (TPSA) is 63.4 Å². The van der Waals surface area contributed by atoms with E-state index in [4.69, 9.17) is 9.47 Å². The van der Waals surface area contributed by atoms with Crippen LogP contribution in [0.1, 0.15) is 29.0 Å². The molecule has 0 aliphatic carbocycles. The Balaban J connectivity index is 1.33. The number of nitrogens with one attached hydrogen (secondary N) is 2. The quantitative estimate of drug-likeness (QED) is 0.485. The largest absolute Gasteiger partial charge is 0.454 e. The molecule has 0 spiro atoms. The van der Waals surface area contributed by atoms with Crippen LogP contribution in [-0.2, 0) is 11.3 Å². The summed E-state index contributed by atoms with van der Waals surface area (Å²) in [7, 11) is 0. The van der Waals surface area contributed by atoms with Gasteiger partial charge in [-0.15, -0.1) is 0 Å². The molecule has 146 valence electrons. The molecule has 1 aliphatic rings. The van der Waals surface area contributed by atoms with Gasteiger partial charge in [0.2, 0.25) is 12.7 Å². The first kappa shape index (κ1) is 17.8. The summed E-state index contributed by atoms with van der Waals surface area (Å²) < 4.78 is 10.7. The van der Waals surface area contributed by atoms with E-state index in [-0.39, 0.29) is 18.6 Å². The number of carbonyl (C=O) groups is 1. The second kappa shape index (κ2) is 7.64. The molecule has 6 heteroatoms. The number of aromatic amines is 1. The van der Waals surface area contributed by atoms with E-state index in [0.717, 1.165) is 39.1 Å². The fourth-order valence-corrected chi connectivity index (χ4v) is 4.49. The summed E-state index contributed by atoms with van der Waals surface area (Å²) >= 11 is 1.65. The van der Waals surface area contributed by atoms with Gasteiger partial charge in [-0.3, -0.25) is 4.79 Å². The van der Waals surface area contributed by atoms with Gasteiger partial charge in [-0.2, -0.15) is 11.3 Å². The zero-order valence-electron chi connectivity index (χ0n) is 15.7. The minimum Gasteiger partial charge on any atom is -0.454 e. The molecule has 0 saturated heterocycles. The number of benzene rings is 2. The van der Waals surface area contributed by atoms with Crippen LogP contribution in [0.15, 0.2) is 65.5 Å². The predicted molar refractivity (Wildman–Crippen MR) is 113 cm³/mol. The summed E-state index contributed by atoms with van der Waals surface area (Å²) in [6, 6.07) is 16.0. The van der Waals surface area contributed by atoms with Crippen molar-refractivity contribution in [2.45, 2.75) is 18.9 Å². The van der Waals surface area contributed by atoms with Gasteiger partial charge < -0.3 is 19.8 Å². The second-order valence-electron chi connectivity index (χ2n) is 7.07. The van der Waals surface area contributed by atoms with E-state index < -0.39 is 0 Å². The van der Waals surface area contributed by atoms with E-state index >= 15 is 0 Å². The first-order chi connectivity index (χ1) is 14.3. The van der Waals surface area contributed by atoms with Crippen molar-refractivity contribution in [3.8, 4) is 11.5 Å². The third kappa shape index (κ3) is 3.59. The highest BCUT2D eigenvalue weighted by molar-refractivity contribution is 7.08. The maximum Gasteiger partial charge on any atom is 0.231 e. The molecule has 2 aromatic heterocycles. The van der Waals surface area contributed by atoms with Crippen LogP contribution in [0.3, 0.4) is 0 Å². The summed E-state index contributed by atoms with van der Waals surface area (Å²) in [5, 5.41) is 8.39. The lowest BCUT2D eigenvalue weighted by Crippen LogP contribution is -2.24. The molecule has 5 nitrogen and oxygen atoms in total. The third-order valence-electron chi connectivity index (χ3n) is 5.26. The maximum absolute atomic E-state index is 12.8. The molecule has 29 heavy (non-hydrogen) atoms. The molecule has 1 atom stereocenters. The van der Waals surface area contributed by atoms with E-state index in [1.54, 1.807) is 11.3 Å². The minimum absolute atomic E-state index is 0.00848. The van der Waals surface area contributed by atoms with E-state index in [1.807, 2.05) is 36.5 Å². The van der Waals surface area contributed by atoms with Crippen molar-refractivity contribution < 1.29 is 14.3 Å². The Hall–Kier alpha value is -3.25. The van der Waals surface area contributed by atoms with Crippen molar-refractivity contribution in [1.29, 1.82) is 0 Å². The number of fused-ring (bicyclic) bond motifs is 2. The molecule has 2 aromatic carbocycles. The highest BCUT2D eigenvalue weighted by atomic mass is 32.1.